The molecule has 0 atom stereocenters. The van der Waals surface area contributed by atoms with Crippen LogP contribution in [0.3, 0.4) is 0 Å². The minimum absolute atomic E-state index is 0. The topological polar surface area (TPSA) is 129 Å². The molecule has 0 unspecified atom stereocenters. The molecule has 2 aliphatic rings. The average molecular weight is 509 g/mol. The zero-order valence-electron chi connectivity index (χ0n) is 19.8. The number of phenols is 3. The van der Waals surface area contributed by atoms with E-state index in [2.05, 4.69) is 0 Å². The summed E-state index contributed by atoms with van der Waals surface area (Å²) in [5.41, 5.74) is 2.38. The SMILES string of the molecule is C.Cc1cc(O)c2c(c1O)C(=O)c1ccccc1C2=O.Cc1ccc2c(c1O)C(=O)c1ccccc1C2=O. The van der Waals surface area contributed by atoms with Crippen LogP contribution in [0, 0.1) is 13.8 Å². The Morgan fingerprint density at radius 2 is 0.895 bits per heavy atom. The number of hydrogen-bond acceptors (Lipinski definition) is 7. The van der Waals surface area contributed by atoms with Crippen LogP contribution in [0.15, 0.2) is 66.7 Å². The maximum absolute atomic E-state index is 12.4. The summed E-state index contributed by atoms with van der Waals surface area (Å²) in [5.74, 6) is -2.02. The van der Waals surface area contributed by atoms with E-state index >= 15 is 0 Å². The molecule has 3 N–H and O–H groups in total. The van der Waals surface area contributed by atoms with Crippen molar-refractivity contribution in [2.75, 3.05) is 0 Å². The van der Waals surface area contributed by atoms with E-state index in [4.69, 9.17) is 0 Å². The van der Waals surface area contributed by atoms with Crippen LogP contribution in [0.1, 0.15) is 82.2 Å². The molecule has 7 nitrogen and oxygen atoms in total. The molecular formula is C31H24O7. The van der Waals surface area contributed by atoms with E-state index in [0.29, 0.717) is 22.3 Å². The highest BCUT2D eigenvalue weighted by Gasteiger charge is 2.35. The lowest BCUT2D eigenvalue weighted by molar-refractivity contribution is 0.0974. The monoisotopic (exact) mass is 508 g/mol. The molecule has 190 valence electrons. The van der Waals surface area contributed by atoms with Gasteiger partial charge in [0, 0.05) is 27.8 Å². The van der Waals surface area contributed by atoms with Gasteiger partial charge in [0.15, 0.2) is 23.1 Å². The number of carbonyl (C=O) groups is 4. The molecule has 4 aromatic carbocycles. The van der Waals surface area contributed by atoms with Crippen LogP contribution in [0.25, 0.3) is 0 Å². The van der Waals surface area contributed by atoms with Gasteiger partial charge in [0.1, 0.15) is 17.2 Å². The Bertz CT molecular complexity index is 1700. The molecule has 6 rings (SSSR count). The number of carbonyl (C=O) groups excluding carboxylic acids is 4. The lowest BCUT2D eigenvalue weighted by Gasteiger charge is -2.20. The lowest BCUT2D eigenvalue weighted by Crippen LogP contribution is -2.21. The molecule has 0 saturated carbocycles. The highest BCUT2D eigenvalue weighted by atomic mass is 16.3. The third-order valence-corrected chi connectivity index (χ3v) is 6.61. The van der Waals surface area contributed by atoms with Gasteiger partial charge in [0.25, 0.3) is 0 Å². The Kier molecular flexibility index (Phi) is 6.47. The van der Waals surface area contributed by atoms with Crippen LogP contribution in [0.4, 0.5) is 0 Å². The number of rotatable bonds is 0. The fraction of sp³-hybridized carbons (Fsp3) is 0.0968. The first-order chi connectivity index (χ1) is 17.6. The second-order valence-corrected chi connectivity index (χ2v) is 8.87. The van der Waals surface area contributed by atoms with E-state index < -0.39 is 11.6 Å². The Morgan fingerprint density at radius 3 is 1.42 bits per heavy atom. The first-order valence-electron chi connectivity index (χ1n) is 11.4. The number of phenolic OH excluding ortho intramolecular Hbond substituents is 3. The van der Waals surface area contributed by atoms with Crippen molar-refractivity contribution >= 4 is 23.1 Å². The summed E-state index contributed by atoms with van der Waals surface area (Å²) in [6.07, 6.45) is 0. The third kappa shape index (κ3) is 3.76. The van der Waals surface area contributed by atoms with Crippen LogP contribution in [0.2, 0.25) is 0 Å². The quantitative estimate of drug-likeness (QED) is 0.238. The molecule has 0 spiro atoms. The van der Waals surface area contributed by atoms with Gasteiger partial charge in [-0.25, -0.2) is 0 Å². The zero-order chi connectivity index (χ0) is 26.6. The van der Waals surface area contributed by atoms with E-state index in [-0.39, 0.29) is 69.6 Å². The highest BCUT2D eigenvalue weighted by Crippen LogP contribution is 2.39. The Balaban J connectivity index is 0.000000173. The average Bonchev–Trinajstić information content (AvgIpc) is 2.90. The predicted octanol–water partition coefficient (Wildman–Crippen LogP) is 5.29. The predicted molar refractivity (Wildman–Crippen MR) is 141 cm³/mol. The first kappa shape index (κ1) is 26.0. The molecule has 0 fully saturated rings. The van der Waals surface area contributed by atoms with Gasteiger partial charge in [-0.05, 0) is 37.1 Å². The van der Waals surface area contributed by atoms with Gasteiger partial charge < -0.3 is 15.3 Å². The van der Waals surface area contributed by atoms with Gasteiger partial charge in [0.2, 0.25) is 0 Å². The molecule has 4 aromatic rings. The van der Waals surface area contributed by atoms with Crippen molar-refractivity contribution in [1.82, 2.24) is 0 Å². The molecule has 7 heteroatoms. The van der Waals surface area contributed by atoms with Gasteiger partial charge in [-0.15, -0.1) is 0 Å². The summed E-state index contributed by atoms with van der Waals surface area (Å²) in [6.45, 7) is 3.27. The fourth-order valence-corrected chi connectivity index (χ4v) is 4.66. The number of hydrogen-bond donors (Lipinski definition) is 3. The Labute approximate surface area is 218 Å². The number of fused-ring (bicyclic) bond motifs is 4. The van der Waals surface area contributed by atoms with Gasteiger partial charge in [-0.1, -0.05) is 62.0 Å². The number of aryl methyl sites for hydroxylation is 2. The van der Waals surface area contributed by atoms with Gasteiger partial charge in [0.05, 0.1) is 16.7 Å². The van der Waals surface area contributed by atoms with Crippen molar-refractivity contribution in [3.63, 3.8) is 0 Å². The molecule has 38 heavy (non-hydrogen) atoms. The molecule has 0 amide bonds. The normalized spacial score (nSPS) is 12.8. The number of ketones is 4. The van der Waals surface area contributed by atoms with E-state index in [1.807, 2.05) is 0 Å². The van der Waals surface area contributed by atoms with Gasteiger partial charge >= 0.3 is 0 Å². The minimum Gasteiger partial charge on any atom is -0.507 e. The van der Waals surface area contributed by atoms with E-state index in [1.54, 1.807) is 62.4 Å². The third-order valence-electron chi connectivity index (χ3n) is 6.61. The van der Waals surface area contributed by atoms with Crippen LogP contribution >= 0.6 is 0 Å². The second kappa shape index (κ2) is 9.44. The minimum atomic E-state index is -0.446. The van der Waals surface area contributed by atoms with Crippen molar-refractivity contribution in [2.24, 2.45) is 0 Å². The molecule has 0 radical (unpaired) electrons. The van der Waals surface area contributed by atoms with E-state index in [0.717, 1.165) is 0 Å². The first-order valence-corrected chi connectivity index (χ1v) is 11.4. The summed E-state index contributed by atoms with van der Waals surface area (Å²) in [4.78, 5) is 49.2. The van der Waals surface area contributed by atoms with Gasteiger partial charge in [-0.2, -0.15) is 0 Å². The summed E-state index contributed by atoms with van der Waals surface area (Å²) >= 11 is 0. The molecule has 0 aromatic heterocycles. The molecule has 0 saturated heterocycles. The number of aromatic hydroxyl groups is 3. The standard InChI is InChI=1S/C15H10O4.C15H10O3.CH4/c1-7-6-10(16)11-12(13(7)17)15(19)9-5-3-2-4-8(9)14(11)18;1-8-6-7-11-12(13(8)16)15(18)10-5-3-2-4-9(10)14(11)17;/h2-6,16-17H,1H3;2-7,16H,1H3;1H4. The molecule has 0 aliphatic heterocycles. The second-order valence-electron chi connectivity index (χ2n) is 8.87. The van der Waals surface area contributed by atoms with Crippen molar-refractivity contribution in [3.8, 4) is 17.2 Å². The number of benzene rings is 4. The molecule has 0 bridgehead atoms. The van der Waals surface area contributed by atoms with Crippen molar-refractivity contribution < 1.29 is 34.5 Å². The summed E-state index contributed by atoms with van der Waals surface area (Å²) in [5, 5.41) is 29.9. The lowest BCUT2D eigenvalue weighted by atomic mass is 9.82. The molecular weight excluding hydrogens is 484 g/mol. The van der Waals surface area contributed by atoms with Crippen LogP contribution < -0.4 is 0 Å². The van der Waals surface area contributed by atoms with Crippen LogP contribution in [0.5, 0.6) is 17.2 Å². The van der Waals surface area contributed by atoms with E-state index in [1.165, 1.54) is 18.2 Å². The highest BCUT2D eigenvalue weighted by molar-refractivity contribution is 6.30. The fourth-order valence-electron chi connectivity index (χ4n) is 4.66. The van der Waals surface area contributed by atoms with Crippen molar-refractivity contribution in [3.05, 3.63) is 122 Å². The Morgan fingerprint density at radius 1 is 0.474 bits per heavy atom. The largest absolute Gasteiger partial charge is 0.507 e. The summed E-state index contributed by atoms with van der Waals surface area (Å²) in [7, 11) is 0. The Hall–Kier alpha value is -5.04. The van der Waals surface area contributed by atoms with E-state index in [9.17, 15) is 34.5 Å². The zero-order valence-corrected chi connectivity index (χ0v) is 19.8. The van der Waals surface area contributed by atoms with Crippen LogP contribution in [-0.4, -0.2) is 38.5 Å². The van der Waals surface area contributed by atoms with Crippen LogP contribution in [-0.2, 0) is 0 Å². The molecule has 2 aliphatic carbocycles. The smallest absolute Gasteiger partial charge is 0.198 e. The van der Waals surface area contributed by atoms with Crippen molar-refractivity contribution in [1.29, 1.82) is 0 Å². The van der Waals surface area contributed by atoms with Crippen molar-refractivity contribution in [2.45, 2.75) is 21.3 Å². The summed E-state index contributed by atoms with van der Waals surface area (Å²) in [6, 6.07) is 17.6. The maximum atomic E-state index is 12.4. The van der Waals surface area contributed by atoms with Gasteiger partial charge in [-0.3, -0.25) is 19.2 Å². The maximum Gasteiger partial charge on any atom is 0.198 e. The molecule has 0 heterocycles. The summed E-state index contributed by atoms with van der Waals surface area (Å²) < 4.78 is 0.